The van der Waals surface area contributed by atoms with Crippen molar-refractivity contribution in [2.75, 3.05) is 32.1 Å². The van der Waals surface area contributed by atoms with Crippen molar-refractivity contribution in [3.05, 3.63) is 48.0 Å². The molecule has 0 unspecified atom stereocenters. The fourth-order valence-electron chi connectivity index (χ4n) is 3.26. The van der Waals surface area contributed by atoms with Crippen molar-refractivity contribution in [2.45, 2.75) is 31.1 Å². The molecule has 1 fully saturated rings. The highest BCUT2D eigenvalue weighted by Crippen LogP contribution is 2.31. The van der Waals surface area contributed by atoms with Gasteiger partial charge in [0.15, 0.2) is 0 Å². The second kappa shape index (κ2) is 9.28. The van der Waals surface area contributed by atoms with Crippen molar-refractivity contribution < 1.29 is 22.7 Å². The number of hydrogen-bond donors (Lipinski definition) is 1. The smallest absolute Gasteiger partial charge is 0.255 e. The van der Waals surface area contributed by atoms with Crippen molar-refractivity contribution in [2.24, 2.45) is 0 Å². The van der Waals surface area contributed by atoms with Crippen LogP contribution in [-0.2, 0) is 10.0 Å². The summed E-state index contributed by atoms with van der Waals surface area (Å²) in [5.41, 5.74) is 0.717. The number of benzene rings is 2. The molecular weight excluding hydrogens is 392 g/mol. The molecule has 0 aliphatic carbocycles. The molecule has 1 amide bonds. The molecule has 0 spiro atoms. The van der Waals surface area contributed by atoms with Crippen LogP contribution in [0.15, 0.2) is 47.4 Å². The molecule has 1 N–H and O–H groups in total. The van der Waals surface area contributed by atoms with E-state index < -0.39 is 10.0 Å². The van der Waals surface area contributed by atoms with Crippen molar-refractivity contribution in [3.8, 4) is 11.5 Å². The van der Waals surface area contributed by atoms with Gasteiger partial charge in [-0.25, -0.2) is 8.42 Å². The van der Waals surface area contributed by atoms with Crippen molar-refractivity contribution in [1.82, 2.24) is 4.31 Å². The normalized spacial score (nSPS) is 15.0. The predicted octanol–water partition coefficient (Wildman–Crippen LogP) is 3.52. The molecule has 0 radical (unpaired) electrons. The zero-order valence-electron chi connectivity index (χ0n) is 16.7. The minimum atomic E-state index is -3.62. The van der Waals surface area contributed by atoms with Gasteiger partial charge in [-0.15, -0.1) is 0 Å². The Morgan fingerprint density at radius 2 is 1.86 bits per heavy atom. The van der Waals surface area contributed by atoms with Gasteiger partial charge in [-0.1, -0.05) is 12.5 Å². The monoisotopic (exact) mass is 418 g/mol. The molecule has 0 aromatic heterocycles. The minimum Gasteiger partial charge on any atom is -0.497 e. The fraction of sp³-hybridized carbons (Fsp3) is 0.381. The van der Waals surface area contributed by atoms with Gasteiger partial charge in [-0.05, 0) is 56.2 Å². The van der Waals surface area contributed by atoms with Gasteiger partial charge in [0, 0.05) is 18.7 Å². The third kappa shape index (κ3) is 4.89. The van der Waals surface area contributed by atoms with Crippen LogP contribution in [0.5, 0.6) is 11.5 Å². The summed E-state index contributed by atoms with van der Waals surface area (Å²) in [6.45, 7) is 3.24. The van der Waals surface area contributed by atoms with Gasteiger partial charge in [0.25, 0.3) is 5.91 Å². The van der Waals surface area contributed by atoms with E-state index in [1.54, 1.807) is 30.3 Å². The zero-order chi connectivity index (χ0) is 20.9. The number of hydrogen-bond acceptors (Lipinski definition) is 5. The molecule has 1 saturated heterocycles. The summed E-state index contributed by atoms with van der Waals surface area (Å²) in [7, 11) is -2.09. The topological polar surface area (TPSA) is 84.9 Å². The number of piperidine rings is 1. The lowest BCUT2D eigenvalue weighted by atomic mass is 10.2. The van der Waals surface area contributed by atoms with E-state index in [1.807, 2.05) is 6.92 Å². The molecule has 8 heteroatoms. The summed E-state index contributed by atoms with van der Waals surface area (Å²) in [6, 6.07) is 11.3. The molecule has 1 heterocycles. The van der Waals surface area contributed by atoms with Crippen LogP contribution in [0.25, 0.3) is 0 Å². The van der Waals surface area contributed by atoms with E-state index >= 15 is 0 Å². The molecule has 0 saturated carbocycles. The molecule has 1 aliphatic heterocycles. The highest BCUT2D eigenvalue weighted by Gasteiger charge is 2.27. The molecule has 7 nitrogen and oxygen atoms in total. The van der Waals surface area contributed by atoms with Crippen LogP contribution in [0.3, 0.4) is 0 Å². The fourth-order valence-corrected chi connectivity index (χ4v) is 4.81. The van der Waals surface area contributed by atoms with E-state index in [9.17, 15) is 13.2 Å². The highest BCUT2D eigenvalue weighted by atomic mass is 32.2. The average molecular weight is 419 g/mol. The number of carbonyl (C=O) groups excluding carboxylic acids is 1. The van der Waals surface area contributed by atoms with Gasteiger partial charge in [0.05, 0.1) is 24.3 Å². The van der Waals surface area contributed by atoms with Crippen LogP contribution in [0.2, 0.25) is 0 Å². The lowest BCUT2D eigenvalue weighted by Crippen LogP contribution is -2.35. The first kappa shape index (κ1) is 21.1. The van der Waals surface area contributed by atoms with E-state index in [0.717, 1.165) is 19.3 Å². The first-order valence-electron chi connectivity index (χ1n) is 9.68. The maximum absolute atomic E-state index is 13.0. The average Bonchev–Trinajstić information content (AvgIpc) is 2.75. The minimum absolute atomic E-state index is 0.142. The van der Waals surface area contributed by atoms with Gasteiger partial charge in [0.2, 0.25) is 10.0 Å². The van der Waals surface area contributed by atoms with Crippen molar-refractivity contribution in [1.29, 1.82) is 0 Å². The van der Waals surface area contributed by atoms with E-state index in [0.29, 0.717) is 42.4 Å². The second-order valence-electron chi connectivity index (χ2n) is 6.74. The van der Waals surface area contributed by atoms with Gasteiger partial charge in [0.1, 0.15) is 11.5 Å². The molecule has 2 aromatic carbocycles. The zero-order valence-corrected chi connectivity index (χ0v) is 17.5. The molecule has 2 aromatic rings. The summed E-state index contributed by atoms with van der Waals surface area (Å²) in [6.07, 6.45) is 2.75. The van der Waals surface area contributed by atoms with Gasteiger partial charge < -0.3 is 14.8 Å². The first-order valence-corrected chi connectivity index (χ1v) is 11.1. The Morgan fingerprint density at radius 3 is 2.55 bits per heavy atom. The number of sulfonamides is 1. The van der Waals surface area contributed by atoms with Gasteiger partial charge in [-0.3, -0.25) is 4.79 Å². The van der Waals surface area contributed by atoms with Crippen molar-refractivity contribution in [3.63, 3.8) is 0 Å². The molecule has 0 bridgehead atoms. The van der Waals surface area contributed by atoms with E-state index in [2.05, 4.69) is 5.32 Å². The van der Waals surface area contributed by atoms with Crippen LogP contribution in [0.1, 0.15) is 36.5 Å². The maximum atomic E-state index is 13.0. The molecule has 1 aliphatic rings. The van der Waals surface area contributed by atoms with Gasteiger partial charge >= 0.3 is 0 Å². The SMILES string of the molecule is CCOc1ccc(S(=O)(=O)N2CCCCC2)cc1NC(=O)c1cccc(OC)c1. The number of nitrogens with one attached hydrogen (secondary N) is 1. The highest BCUT2D eigenvalue weighted by molar-refractivity contribution is 7.89. The summed E-state index contributed by atoms with van der Waals surface area (Å²) in [5.74, 6) is 0.600. The Bertz CT molecular complexity index is 969. The quantitative estimate of drug-likeness (QED) is 0.744. The Kier molecular flexibility index (Phi) is 6.76. The predicted molar refractivity (Wildman–Crippen MR) is 111 cm³/mol. The van der Waals surface area contributed by atoms with Crippen LogP contribution >= 0.6 is 0 Å². The number of rotatable bonds is 7. The summed E-state index contributed by atoms with van der Waals surface area (Å²) in [5, 5.41) is 2.78. The number of methoxy groups -OCH3 is 1. The van der Waals surface area contributed by atoms with Crippen LogP contribution in [0.4, 0.5) is 5.69 Å². The molecule has 156 valence electrons. The third-order valence-corrected chi connectivity index (χ3v) is 6.68. The Morgan fingerprint density at radius 1 is 1.10 bits per heavy atom. The number of amides is 1. The Balaban J connectivity index is 1.91. The number of nitrogens with zero attached hydrogens (tertiary/aromatic N) is 1. The van der Waals surface area contributed by atoms with Crippen LogP contribution in [0, 0.1) is 0 Å². The second-order valence-corrected chi connectivity index (χ2v) is 8.68. The van der Waals surface area contributed by atoms with Crippen LogP contribution in [-0.4, -0.2) is 45.4 Å². The third-order valence-electron chi connectivity index (χ3n) is 4.78. The standard InChI is InChI=1S/C21H26N2O5S/c1-3-28-20-11-10-18(29(25,26)23-12-5-4-6-13-23)15-19(20)22-21(24)16-8-7-9-17(14-16)27-2/h7-11,14-15H,3-6,12-13H2,1-2H3,(H,22,24). The first-order chi connectivity index (χ1) is 14.0. The Hall–Kier alpha value is -2.58. The lowest BCUT2D eigenvalue weighted by Gasteiger charge is -2.26. The van der Waals surface area contributed by atoms with Crippen molar-refractivity contribution >= 4 is 21.6 Å². The Labute approximate surface area is 171 Å². The van der Waals surface area contributed by atoms with E-state index in [4.69, 9.17) is 9.47 Å². The lowest BCUT2D eigenvalue weighted by molar-refractivity contribution is 0.102. The summed E-state index contributed by atoms with van der Waals surface area (Å²) < 4.78 is 38.3. The maximum Gasteiger partial charge on any atom is 0.255 e. The molecule has 0 atom stereocenters. The van der Waals surface area contributed by atoms with Gasteiger partial charge in [-0.2, -0.15) is 4.31 Å². The summed E-state index contributed by atoms with van der Waals surface area (Å²) >= 11 is 0. The number of anilines is 1. The number of ether oxygens (including phenoxy) is 2. The van der Waals surface area contributed by atoms with E-state index in [1.165, 1.54) is 23.5 Å². The van der Waals surface area contributed by atoms with Crippen LogP contribution < -0.4 is 14.8 Å². The largest absolute Gasteiger partial charge is 0.497 e. The number of carbonyl (C=O) groups is 1. The molecular formula is C21H26N2O5S. The van der Waals surface area contributed by atoms with E-state index in [-0.39, 0.29) is 10.8 Å². The molecule has 3 rings (SSSR count). The molecule has 29 heavy (non-hydrogen) atoms. The summed E-state index contributed by atoms with van der Waals surface area (Å²) in [4.78, 5) is 12.9.